The monoisotopic (exact) mass is 381 g/mol. The predicted molar refractivity (Wildman–Crippen MR) is 93.1 cm³/mol. The zero-order chi connectivity index (χ0) is 19.7. The fourth-order valence-corrected chi connectivity index (χ4v) is 3.14. The Labute approximate surface area is 154 Å². The van der Waals surface area contributed by atoms with Gasteiger partial charge in [-0.2, -0.15) is 0 Å². The Morgan fingerprint density at radius 1 is 1.22 bits per heavy atom. The number of aromatic nitrogens is 4. The molecular weight excluding hydrogens is 358 g/mol. The number of anilines is 1. The second-order valence-corrected chi connectivity index (χ2v) is 6.65. The number of nitrogens with two attached hydrogens (primary N) is 3. The lowest BCUT2D eigenvalue weighted by Crippen LogP contribution is -2.37. The minimum absolute atomic E-state index is 0.195. The zero-order valence-corrected chi connectivity index (χ0v) is 14.4. The number of carboxylic acid groups (broad SMARTS) is 1. The van der Waals surface area contributed by atoms with Gasteiger partial charge in [0.1, 0.15) is 30.1 Å². The number of aliphatic carboxylic acids is 1. The van der Waals surface area contributed by atoms with Crippen molar-refractivity contribution in [1.29, 1.82) is 0 Å². The fraction of sp³-hybridized carbons (Fsp3) is 0.600. The molecular formula is C15H23N7O5. The van der Waals surface area contributed by atoms with E-state index < -0.39 is 42.6 Å². The molecule has 27 heavy (non-hydrogen) atoms. The number of rotatable bonds is 7. The number of nitrogens with zero attached hydrogens (tertiary/aromatic N) is 4. The van der Waals surface area contributed by atoms with E-state index >= 15 is 0 Å². The first kappa shape index (κ1) is 19.4. The third-order valence-corrected chi connectivity index (χ3v) is 4.70. The Balaban J connectivity index is 1.68. The molecule has 1 aliphatic heterocycles. The Kier molecular flexibility index (Phi) is 5.53. The second kappa shape index (κ2) is 7.70. The van der Waals surface area contributed by atoms with Crippen molar-refractivity contribution in [3.8, 4) is 0 Å². The molecule has 0 aromatic carbocycles. The standard InChI is InChI=1S/C15H23N7O5/c16-6(1-2-7(17)15(25)26)3-8-10(23)11(24)14(27-8)22-5-21-9-12(18)19-4-20-13(9)22/h4-8,10-11,14,23-24H,1-3,16-17H2,(H,25,26)(H2,18,19,20)/t6?,7?,8-,10?,11?,14-/m1/s1. The summed E-state index contributed by atoms with van der Waals surface area (Å²) >= 11 is 0. The molecule has 2 aromatic heterocycles. The maximum atomic E-state index is 10.8. The van der Waals surface area contributed by atoms with E-state index in [9.17, 15) is 15.0 Å². The fourth-order valence-electron chi connectivity index (χ4n) is 3.14. The lowest BCUT2D eigenvalue weighted by molar-refractivity contribution is -0.138. The van der Waals surface area contributed by atoms with Gasteiger partial charge >= 0.3 is 5.97 Å². The van der Waals surface area contributed by atoms with Gasteiger partial charge in [0.05, 0.1) is 12.4 Å². The van der Waals surface area contributed by atoms with Gasteiger partial charge in [-0.1, -0.05) is 0 Å². The topological polar surface area (TPSA) is 209 Å². The van der Waals surface area contributed by atoms with Gasteiger partial charge in [0, 0.05) is 6.04 Å². The molecule has 3 rings (SSSR count). The zero-order valence-electron chi connectivity index (χ0n) is 14.4. The van der Waals surface area contributed by atoms with Crippen molar-refractivity contribution >= 4 is 23.0 Å². The van der Waals surface area contributed by atoms with E-state index in [-0.39, 0.29) is 18.7 Å². The van der Waals surface area contributed by atoms with Crippen molar-refractivity contribution in [2.24, 2.45) is 11.5 Å². The third-order valence-electron chi connectivity index (χ3n) is 4.70. The van der Waals surface area contributed by atoms with Crippen LogP contribution >= 0.6 is 0 Å². The van der Waals surface area contributed by atoms with Crippen molar-refractivity contribution in [3.05, 3.63) is 12.7 Å². The molecule has 148 valence electrons. The first-order chi connectivity index (χ1) is 12.8. The van der Waals surface area contributed by atoms with Crippen LogP contribution in [0, 0.1) is 0 Å². The van der Waals surface area contributed by atoms with Crippen molar-refractivity contribution in [3.63, 3.8) is 0 Å². The quantitative estimate of drug-likeness (QED) is 0.307. The Hall–Kier alpha value is -2.38. The number of hydrogen-bond acceptors (Lipinski definition) is 10. The van der Waals surface area contributed by atoms with Crippen molar-refractivity contribution in [2.75, 3.05) is 5.73 Å². The van der Waals surface area contributed by atoms with E-state index in [1.54, 1.807) is 0 Å². The van der Waals surface area contributed by atoms with Gasteiger partial charge in [-0.05, 0) is 19.3 Å². The molecule has 6 atom stereocenters. The molecule has 1 aliphatic rings. The SMILES string of the molecule is Nc1ncnc2c1ncn2[C@@H]1O[C@H](CC(N)CCC(N)C(=O)O)C(O)C1O. The van der Waals surface area contributed by atoms with Crippen LogP contribution in [0.15, 0.2) is 12.7 Å². The molecule has 0 aliphatic carbocycles. The van der Waals surface area contributed by atoms with Crippen LogP contribution < -0.4 is 17.2 Å². The van der Waals surface area contributed by atoms with Crippen LogP contribution in [0.2, 0.25) is 0 Å². The number of carbonyl (C=O) groups is 1. The average Bonchev–Trinajstić information content (AvgIpc) is 3.17. The van der Waals surface area contributed by atoms with E-state index in [1.165, 1.54) is 17.2 Å². The minimum Gasteiger partial charge on any atom is -0.480 e. The van der Waals surface area contributed by atoms with E-state index in [0.29, 0.717) is 17.6 Å². The summed E-state index contributed by atoms with van der Waals surface area (Å²) < 4.78 is 7.28. The lowest BCUT2D eigenvalue weighted by atomic mass is 9.98. The highest BCUT2D eigenvalue weighted by Gasteiger charge is 2.44. The predicted octanol–water partition coefficient (Wildman–Crippen LogP) is -2.06. The Bertz CT molecular complexity index is 815. The average molecular weight is 381 g/mol. The number of nitrogen functional groups attached to an aromatic ring is 1. The molecule has 2 aromatic rings. The first-order valence-electron chi connectivity index (χ1n) is 8.48. The number of hydrogen-bond donors (Lipinski definition) is 6. The van der Waals surface area contributed by atoms with Gasteiger partial charge in [0.25, 0.3) is 0 Å². The van der Waals surface area contributed by atoms with Crippen LogP contribution in [0.25, 0.3) is 11.2 Å². The summed E-state index contributed by atoms with van der Waals surface area (Å²) in [5.41, 5.74) is 18.0. The highest BCUT2D eigenvalue weighted by Crippen LogP contribution is 2.33. The number of imidazole rings is 1. The maximum Gasteiger partial charge on any atom is 0.320 e. The molecule has 12 heteroatoms. The first-order valence-corrected chi connectivity index (χ1v) is 8.48. The highest BCUT2D eigenvalue weighted by molar-refractivity contribution is 5.81. The Morgan fingerprint density at radius 3 is 2.67 bits per heavy atom. The summed E-state index contributed by atoms with van der Waals surface area (Å²) in [5, 5.41) is 29.5. The van der Waals surface area contributed by atoms with E-state index in [0.717, 1.165) is 0 Å². The van der Waals surface area contributed by atoms with Crippen LogP contribution in [-0.2, 0) is 9.53 Å². The molecule has 0 radical (unpaired) electrons. The molecule has 9 N–H and O–H groups in total. The van der Waals surface area contributed by atoms with Crippen LogP contribution in [0.4, 0.5) is 5.82 Å². The normalized spacial score (nSPS) is 27.7. The number of aliphatic hydroxyl groups excluding tert-OH is 2. The van der Waals surface area contributed by atoms with Gasteiger partial charge in [0.15, 0.2) is 17.7 Å². The summed E-state index contributed by atoms with van der Waals surface area (Å²) in [7, 11) is 0. The van der Waals surface area contributed by atoms with E-state index in [4.69, 9.17) is 27.0 Å². The van der Waals surface area contributed by atoms with Gasteiger partial charge in [0.2, 0.25) is 0 Å². The van der Waals surface area contributed by atoms with Gasteiger partial charge in [-0.3, -0.25) is 9.36 Å². The summed E-state index contributed by atoms with van der Waals surface area (Å²) in [4.78, 5) is 22.8. The molecule has 0 bridgehead atoms. The number of aliphatic hydroxyl groups is 2. The molecule has 3 heterocycles. The molecule has 4 unspecified atom stereocenters. The third kappa shape index (κ3) is 3.84. The molecule has 12 nitrogen and oxygen atoms in total. The summed E-state index contributed by atoms with van der Waals surface area (Å²) in [5.74, 6) is -0.900. The van der Waals surface area contributed by atoms with Crippen LogP contribution in [-0.4, -0.2) is 71.2 Å². The van der Waals surface area contributed by atoms with Crippen molar-refractivity contribution in [1.82, 2.24) is 19.5 Å². The maximum absolute atomic E-state index is 10.8. The van der Waals surface area contributed by atoms with Crippen LogP contribution in [0.3, 0.4) is 0 Å². The number of ether oxygens (including phenoxy) is 1. The smallest absolute Gasteiger partial charge is 0.320 e. The number of fused-ring (bicyclic) bond motifs is 1. The summed E-state index contributed by atoms with van der Waals surface area (Å²) in [6, 6.07) is -1.44. The van der Waals surface area contributed by atoms with E-state index in [2.05, 4.69) is 15.0 Å². The van der Waals surface area contributed by atoms with E-state index in [1.807, 2.05) is 0 Å². The van der Waals surface area contributed by atoms with Gasteiger partial charge in [-0.25, -0.2) is 15.0 Å². The molecule has 0 amide bonds. The number of carboxylic acids is 1. The Morgan fingerprint density at radius 2 is 1.96 bits per heavy atom. The largest absolute Gasteiger partial charge is 0.480 e. The highest BCUT2D eigenvalue weighted by atomic mass is 16.6. The van der Waals surface area contributed by atoms with Crippen molar-refractivity contribution in [2.45, 2.75) is 55.9 Å². The van der Waals surface area contributed by atoms with Gasteiger partial charge < -0.3 is 37.3 Å². The summed E-state index contributed by atoms with van der Waals surface area (Å²) in [6.45, 7) is 0. The molecule has 0 spiro atoms. The molecule has 1 fully saturated rings. The van der Waals surface area contributed by atoms with Gasteiger partial charge in [-0.15, -0.1) is 0 Å². The van der Waals surface area contributed by atoms with Crippen LogP contribution in [0.5, 0.6) is 0 Å². The minimum atomic E-state index is -1.22. The summed E-state index contributed by atoms with van der Waals surface area (Å²) in [6.07, 6.45) is -0.604. The molecule has 0 saturated carbocycles. The second-order valence-electron chi connectivity index (χ2n) is 6.65. The van der Waals surface area contributed by atoms with Crippen LogP contribution in [0.1, 0.15) is 25.5 Å². The van der Waals surface area contributed by atoms with Crippen molar-refractivity contribution < 1.29 is 24.9 Å². The lowest BCUT2D eigenvalue weighted by Gasteiger charge is -2.20. The molecule has 1 saturated heterocycles.